The Bertz CT molecular complexity index is 1690. The molecule has 0 radical (unpaired) electrons. The van der Waals surface area contributed by atoms with E-state index in [-0.39, 0.29) is 18.2 Å². The van der Waals surface area contributed by atoms with Gasteiger partial charge in [0, 0.05) is 23.7 Å². The summed E-state index contributed by atoms with van der Waals surface area (Å²) >= 11 is 0. The van der Waals surface area contributed by atoms with Gasteiger partial charge in [-0.2, -0.15) is 5.10 Å². The number of anilines is 2. The van der Waals surface area contributed by atoms with E-state index >= 15 is 0 Å². The van der Waals surface area contributed by atoms with Crippen molar-refractivity contribution in [2.24, 2.45) is 0 Å². The summed E-state index contributed by atoms with van der Waals surface area (Å²) in [6, 6.07) is 19.5. The van der Waals surface area contributed by atoms with Crippen LogP contribution in [-0.4, -0.2) is 46.4 Å². The highest BCUT2D eigenvalue weighted by Crippen LogP contribution is 2.30. The largest absolute Gasteiger partial charge is 0.327 e. The molecule has 0 bridgehead atoms. The number of aromatic nitrogens is 4. The van der Waals surface area contributed by atoms with Crippen molar-refractivity contribution >= 4 is 49.1 Å². The molecule has 0 unspecified atom stereocenters. The summed E-state index contributed by atoms with van der Waals surface area (Å²) in [4.78, 5) is 17.2. The zero-order chi connectivity index (χ0) is 24.0. The number of imidazole rings is 1. The Morgan fingerprint density at radius 2 is 1.91 bits per heavy atom. The summed E-state index contributed by atoms with van der Waals surface area (Å²) in [5, 5.41) is 12.9. The number of H-pyrrole nitrogens is 1. The van der Waals surface area contributed by atoms with Gasteiger partial charge in [-0.25, -0.2) is 13.4 Å². The molecule has 3 heterocycles. The maximum atomic E-state index is 12.8. The zero-order valence-corrected chi connectivity index (χ0v) is 19.5. The van der Waals surface area contributed by atoms with Gasteiger partial charge in [0.05, 0.1) is 29.0 Å². The molecular weight excluding hydrogens is 464 g/mol. The van der Waals surface area contributed by atoms with Crippen LogP contribution in [0.5, 0.6) is 0 Å². The maximum Gasteiger partial charge on any atom is 0.245 e. The molecule has 0 aliphatic carbocycles. The smallest absolute Gasteiger partial charge is 0.245 e. The summed E-state index contributed by atoms with van der Waals surface area (Å²) in [7, 11) is -3.30. The third-order valence-corrected chi connectivity index (χ3v) is 8.07. The molecule has 0 atom stereocenters. The molecule has 5 aromatic rings. The molecule has 6 rings (SSSR count). The van der Waals surface area contributed by atoms with Gasteiger partial charge in [0.1, 0.15) is 6.54 Å². The summed E-state index contributed by atoms with van der Waals surface area (Å²) < 4.78 is 27.7. The normalized spacial score (nSPS) is 15.1. The lowest BCUT2D eigenvalue weighted by Gasteiger charge is -2.16. The molecule has 1 fully saturated rings. The fraction of sp³-hybridized carbons (Fsp3) is 0.160. The van der Waals surface area contributed by atoms with Crippen LogP contribution in [0.25, 0.3) is 32.9 Å². The number of carbonyl (C=O) groups excluding carboxylic acids is 1. The quantitative estimate of drug-likeness (QED) is 0.393. The van der Waals surface area contributed by atoms with Crippen LogP contribution in [0, 0.1) is 0 Å². The van der Waals surface area contributed by atoms with Crippen LogP contribution in [0.2, 0.25) is 0 Å². The van der Waals surface area contributed by atoms with Crippen molar-refractivity contribution in [2.75, 3.05) is 21.9 Å². The standard InChI is InChI=1S/C25H22N6O3S/c32-24(15-30-14-23(26-16-30)19-7-6-17-4-1-2-5-18(17)12-19)27-25-21-13-20(8-9-22(21)28-29-25)31-10-3-11-35(31,33)34/h1-2,4-9,12-14,16H,3,10-11,15H2,(H2,27,28,29,32). The van der Waals surface area contributed by atoms with Crippen molar-refractivity contribution in [1.29, 1.82) is 0 Å². The minimum Gasteiger partial charge on any atom is -0.327 e. The Balaban J connectivity index is 1.20. The molecule has 35 heavy (non-hydrogen) atoms. The van der Waals surface area contributed by atoms with Crippen LogP contribution in [0.4, 0.5) is 11.5 Å². The first-order valence-electron chi connectivity index (χ1n) is 11.3. The van der Waals surface area contributed by atoms with Crippen molar-refractivity contribution in [3.63, 3.8) is 0 Å². The number of rotatable bonds is 5. The van der Waals surface area contributed by atoms with Crippen molar-refractivity contribution in [2.45, 2.75) is 13.0 Å². The average Bonchev–Trinajstić information content (AvgIpc) is 3.57. The van der Waals surface area contributed by atoms with Crippen LogP contribution >= 0.6 is 0 Å². The van der Waals surface area contributed by atoms with Gasteiger partial charge < -0.3 is 9.88 Å². The molecule has 1 aliphatic heterocycles. The Hall–Kier alpha value is -4.18. The minimum atomic E-state index is -3.30. The number of nitrogens with one attached hydrogen (secondary N) is 2. The van der Waals surface area contributed by atoms with E-state index < -0.39 is 10.0 Å². The molecule has 2 N–H and O–H groups in total. The van der Waals surface area contributed by atoms with Gasteiger partial charge in [0.2, 0.25) is 15.9 Å². The predicted molar refractivity (Wildman–Crippen MR) is 136 cm³/mol. The van der Waals surface area contributed by atoms with Crippen LogP contribution in [0.3, 0.4) is 0 Å². The Morgan fingerprint density at radius 3 is 2.74 bits per heavy atom. The Morgan fingerprint density at radius 1 is 1.06 bits per heavy atom. The summed E-state index contributed by atoms with van der Waals surface area (Å²) in [6.45, 7) is 0.517. The van der Waals surface area contributed by atoms with Gasteiger partial charge >= 0.3 is 0 Å². The number of aromatic amines is 1. The van der Waals surface area contributed by atoms with E-state index in [2.05, 4.69) is 44.8 Å². The number of hydrogen-bond donors (Lipinski definition) is 2. The lowest BCUT2D eigenvalue weighted by Crippen LogP contribution is -2.24. The molecule has 0 saturated carbocycles. The van der Waals surface area contributed by atoms with Gasteiger partial charge in [0.25, 0.3) is 0 Å². The molecule has 3 aromatic carbocycles. The Labute approximate surface area is 201 Å². The third kappa shape index (κ3) is 4.01. The number of carbonyl (C=O) groups is 1. The molecule has 1 amide bonds. The Kier molecular flexibility index (Phi) is 5.03. The van der Waals surface area contributed by atoms with Crippen LogP contribution < -0.4 is 9.62 Å². The van der Waals surface area contributed by atoms with Gasteiger partial charge in [0.15, 0.2) is 5.82 Å². The first-order chi connectivity index (χ1) is 17.0. The molecule has 2 aromatic heterocycles. The SMILES string of the molecule is O=C(Cn1cnc(-c2ccc3ccccc3c2)c1)Nc1n[nH]c2ccc(N3CCCS3(=O)=O)cc12. The van der Waals surface area contributed by atoms with Crippen molar-refractivity contribution in [3.05, 3.63) is 73.2 Å². The lowest BCUT2D eigenvalue weighted by atomic mass is 10.1. The van der Waals surface area contributed by atoms with E-state index in [1.54, 1.807) is 29.1 Å². The molecule has 9 nitrogen and oxygen atoms in total. The third-order valence-electron chi connectivity index (χ3n) is 6.20. The maximum absolute atomic E-state index is 12.8. The van der Waals surface area contributed by atoms with E-state index in [4.69, 9.17) is 0 Å². The van der Waals surface area contributed by atoms with Crippen molar-refractivity contribution < 1.29 is 13.2 Å². The van der Waals surface area contributed by atoms with E-state index in [0.717, 1.165) is 22.0 Å². The zero-order valence-electron chi connectivity index (χ0n) is 18.7. The second-order valence-electron chi connectivity index (χ2n) is 8.59. The predicted octanol–water partition coefficient (Wildman–Crippen LogP) is 3.76. The minimum absolute atomic E-state index is 0.0646. The first kappa shape index (κ1) is 21.4. The second-order valence-corrected chi connectivity index (χ2v) is 10.6. The second kappa shape index (κ2) is 8.24. The van der Waals surface area contributed by atoms with Gasteiger partial charge in [-0.15, -0.1) is 0 Å². The molecule has 1 saturated heterocycles. The molecule has 0 spiro atoms. The summed E-state index contributed by atoms with van der Waals surface area (Å²) in [5.74, 6) is 0.241. The number of sulfonamides is 1. The van der Waals surface area contributed by atoms with E-state index in [1.807, 2.05) is 24.4 Å². The molecular formula is C25H22N6O3S. The highest BCUT2D eigenvalue weighted by molar-refractivity contribution is 7.93. The number of benzene rings is 3. The number of amides is 1. The van der Waals surface area contributed by atoms with Gasteiger partial charge in [-0.1, -0.05) is 36.4 Å². The van der Waals surface area contributed by atoms with Gasteiger partial charge in [-0.05, 0) is 41.5 Å². The van der Waals surface area contributed by atoms with Crippen LogP contribution in [0.15, 0.2) is 73.2 Å². The first-order valence-corrected chi connectivity index (χ1v) is 12.9. The fourth-order valence-electron chi connectivity index (χ4n) is 4.46. The summed E-state index contributed by atoms with van der Waals surface area (Å²) in [6.07, 6.45) is 4.06. The molecule has 1 aliphatic rings. The number of nitrogens with zero attached hydrogens (tertiary/aromatic N) is 4. The van der Waals surface area contributed by atoms with E-state index in [1.165, 1.54) is 4.31 Å². The lowest BCUT2D eigenvalue weighted by molar-refractivity contribution is -0.116. The number of hydrogen-bond acceptors (Lipinski definition) is 5. The van der Waals surface area contributed by atoms with Crippen molar-refractivity contribution in [1.82, 2.24) is 19.7 Å². The number of fused-ring (bicyclic) bond motifs is 2. The average molecular weight is 487 g/mol. The topological polar surface area (TPSA) is 113 Å². The van der Waals surface area contributed by atoms with Gasteiger partial charge in [-0.3, -0.25) is 14.2 Å². The monoisotopic (exact) mass is 486 g/mol. The molecule has 176 valence electrons. The van der Waals surface area contributed by atoms with E-state index in [9.17, 15) is 13.2 Å². The van der Waals surface area contributed by atoms with Crippen molar-refractivity contribution in [3.8, 4) is 11.3 Å². The molecule has 10 heteroatoms. The highest BCUT2D eigenvalue weighted by Gasteiger charge is 2.28. The van der Waals surface area contributed by atoms with Crippen LogP contribution in [0.1, 0.15) is 6.42 Å². The van der Waals surface area contributed by atoms with Crippen LogP contribution in [-0.2, 0) is 21.4 Å². The summed E-state index contributed by atoms with van der Waals surface area (Å²) in [5.41, 5.74) is 3.04. The highest BCUT2D eigenvalue weighted by atomic mass is 32.2. The fourth-order valence-corrected chi connectivity index (χ4v) is 6.02. The van der Waals surface area contributed by atoms with E-state index in [0.29, 0.717) is 35.4 Å².